The number of aromatic amines is 1. The van der Waals surface area contributed by atoms with Crippen LogP contribution in [-0.2, 0) is 16.0 Å². The molecule has 0 unspecified atom stereocenters. The van der Waals surface area contributed by atoms with Gasteiger partial charge < -0.3 is 20.4 Å². The van der Waals surface area contributed by atoms with Gasteiger partial charge in [-0.25, -0.2) is 9.18 Å². The Balaban J connectivity index is 1.32. The number of benzene rings is 2. The van der Waals surface area contributed by atoms with Crippen LogP contribution in [0.1, 0.15) is 18.4 Å². The summed E-state index contributed by atoms with van der Waals surface area (Å²) in [6.45, 7) is 0.165. The number of nitrogens with one attached hydrogen (secondary N) is 3. The van der Waals surface area contributed by atoms with Gasteiger partial charge in [0.15, 0.2) is 0 Å². The van der Waals surface area contributed by atoms with Crippen molar-refractivity contribution in [3.63, 3.8) is 0 Å². The van der Waals surface area contributed by atoms with Crippen molar-refractivity contribution in [2.24, 2.45) is 0 Å². The average Bonchev–Trinajstić information content (AvgIpc) is 3.30. The van der Waals surface area contributed by atoms with Crippen LogP contribution in [0.5, 0.6) is 5.75 Å². The molecule has 0 radical (unpaired) electrons. The molecule has 32 heavy (non-hydrogen) atoms. The largest absolute Gasteiger partial charge is 0.495 e. The minimum atomic E-state index is -0.758. The molecule has 0 bridgehead atoms. The van der Waals surface area contributed by atoms with E-state index in [1.807, 2.05) is 0 Å². The van der Waals surface area contributed by atoms with Crippen LogP contribution in [0, 0.1) is 5.82 Å². The molecule has 8 nitrogen and oxygen atoms in total. The van der Waals surface area contributed by atoms with Crippen molar-refractivity contribution in [2.45, 2.75) is 25.3 Å². The lowest BCUT2D eigenvalue weighted by molar-refractivity contribution is -0.127. The lowest BCUT2D eigenvalue weighted by atomic mass is 10.1. The highest BCUT2D eigenvalue weighted by Gasteiger charge is 2.37. The van der Waals surface area contributed by atoms with E-state index >= 15 is 0 Å². The molecule has 0 spiro atoms. The van der Waals surface area contributed by atoms with E-state index < -0.39 is 12.1 Å². The molecule has 2 aromatic carbocycles. The number of hydrogen-bond donors (Lipinski definition) is 3. The Labute approximate surface area is 183 Å². The second kappa shape index (κ2) is 9.09. The summed E-state index contributed by atoms with van der Waals surface area (Å²) < 4.78 is 18.8. The van der Waals surface area contributed by atoms with Gasteiger partial charge in [0, 0.05) is 30.1 Å². The molecular weight excluding hydrogens is 415 g/mol. The van der Waals surface area contributed by atoms with Crippen molar-refractivity contribution in [1.29, 1.82) is 0 Å². The number of carbonyl (C=O) groups is 3. The molecule has 1 atom stereocenters. The highest BCUT2D eigenvalue weighted by atomic mass is 19.1. The monoisotopic (exact) mass is 438 g/mol. The first-order valence-corrected chi connectivity index (χ1v) is 10.3. The maximum absolute atomic E-state index is 13.6. The first kappa shape index (κ1) is 21.4. The van der Waals surface area contributed by atoms with Gasteiger partial charge in [-0.15, -0.1) is 0 Å². The summed E-state index contributed by atoms with van der Waals surface area (Å²) in [5.74, 6) is -0.462. The fraction of sp³-hybridized carbons (Fsp3) is 0.261. The third kappa shape index (κ3) is 4.41. The van der Waals surface area contributed by atoms with E-state index in [1.165, 1.54) is 19.2 Å². The van der Waals surface area contributed by atoms with Gasteiger partial charge in [-0.05, 0) is 48.7 Å². The number of carbonyl (C=O) groups excluding carboxylic acids is 3. The number of aromatic nitrogens is 1. The predicted molar refractivity (Wildman–Crippen MR) is 117 cm³/mol. The molecule has 1 fully saturated rings. The molecule has 2 heterocycles. The Kier molecular flexibility index (Phi) is 6.07. The number of para-hydroxylation sites is 2. The molecule has 0 aliphatic carbocycles. The third-order valence-corrected chi connectivity index (χ3v) is 5.48. The van der Waals surface area contributed by atoms with Crippen molar-refractivity contribution >= 4 is 34.4 Å². The third-order valence-electron chi connectivity index (χ3n) is 5.48. The van der Waals surface area contributed by atoms with Gasteiger partial charge in [-0.2, -0.15) is 0 Å². The van der Waals surface area contributed by atoms with Gasteiger partial charge in [0.2, 0.25) is 5.91 Å². The molecule has 1 aromatic heterocycles. The highest BCUT2D eigenvalue weighted by Crippen LogP contribution is 2.24. The molecule has 3 N–H and O–H groups in total. The number of imide groups is 1. The average molecular weight is 438 g/mol. The van der Waals surface area contributed by atoms with Crippen LogP contribution in [0.2, 0.25) is 0 Å². The van der Waals surface area contributed by atoms with Crippen molar-refractivity contribution in [2.75, 3.05) is 19.0 Å². The second-order valence-electron chi connectivity index (χ2n) is 7.53. The van der Waals surface area contributed by atoms with Gasteiger partial charge >= 0.3 is 6.03 Å². The lowest BCUT2D eigenvalue weighted by Crippen LogP contribution is -2.33. The number of amides is 4. The van der Waals surface area contributed by atoms with E-state index in [4.69, 9.17) is 4.74 Å². The maximum atomic E-state index is 13.6. The zero-order valence-electron chi connectivity index (χ0n) is 17.5. The number of anilines is 1. The number of hydrogen-bond acceptors (Lipinski definition) is 4. The number of fused-ring (bicyclic) bond motifs is 1. The van der Waals surface area contributed by atoms with Crippen molar-refractivity contribution in [3.05, 3.63) is 60.0 Å². The molecule has 1 saturated heterocycles. The quantitative estimate of drug-likeness (QED) is 0.470. The number of ether oxygens (including phenoxy) is 1. The molecule has 9 heteroatoms. The fourth-order valence-electron chi connectivity index (χ4n) is 3.81. The number of halogens is 1. The molecule has 3 aromatic rings. The molecular formula is C23H23FN4O4. The maximum Gasteiger partial charge on any atom is 0.324 e. The van der Waals surface area contributed by atoms with E-state index in [1.54, 1.807) is 36.5 Å². The molecule has 1 aliphatic heterocycles. The first-order valence-electron chi connectivity index (χ1n) is 10.3. The van der Waals surface area contributed by atoms with Gasteiger partial charge in [0.05, 0.1) is 12.8 Å². The summed E-state index contributed by atoms with van der Waals surface area (Å²) in [7, 11) is 1.51. The number of urea groups is 1. The summed E-state index contributed by atoms with van der Waals surface area (Å²) in [4.78, 5) is 41.5. The standard InChI is InChI=1S/C23H23FN4O4/c1-32-20-5-3-2-4-18(20)26-21(29)9-8-19-22(30)28(23(31)27-19)11-10-14-13-25-17-7-6-15(24)12-16(14)17/h2-7,12-13,19,25H,8-11H2,1H3,(H,26,29)(H,27,31)/t19-/m0/s1. The highest BCUT2D eigenvalue weighted by molar-refractivity contribution is 6.04. The van der Waals surface area contributed by atoms with E-state index in [2.05, 4.69) is 15.6 Å². The minimum absolute atomic E-state index is 0.0598. The minimum Gasteiger partial charge on any atom is -0.495 e. The van der Waals surface area contributed by atoms with Gasteiger partial charge in [0.1, 0.15) is 17.6 Å². The summed E-state index contributed by atoms with van der Waals surface area (Å²) >= 11 is 0. The lowest BCUT2D eigenvalue weighted by Gasteiger charge is -2.13. The van der Waals surface area contributed by atoms with E-state index in [9.17, 15) is 18.8 Å². The SMILES string of the molecule is COc1ccccc1NC(=O)CC[C@@H]1NC(=O)N(CCc2c[nH]c3ccc(F)cc23)C1=O. The van der Waals surface area contributed by atoms with Gasteiger partial charge in [-0.3, -0.25) is 14.5 Å². The van der Waals surface area contributed by atoms with Crippen LogP contribution in [0.25, 0.3) is 10.9 Å². The number of methoxy groups -OCH3 is 1. The van der Waals surface area contributed by atoms with Crippen LogP contribution in [-0.4, -0.2) is 47.4 Å². The van der Waals surface area contributed by atoms with Crippen molar-refractivity contribution < 1.29 is 23.5 Å². The van der Waals surface area contributed by atoms with Crippen LogP contribution in [0.3, 0.4) is 0 Å². The van der Waals surface area contributed by atoms with Crippen molar-refractivity contribution in [3.8, 4) is 5.75 Å². The van der Waals surface area contributed by atoms with Crippen molar-refractivity contribution in [1.82, 2.24) is 15.2 Å². The van der Waals surface area contributed by atoms with E-state index in [0.29, 0.717) is 17.9 Å². The van der Waals surface area contributed by atoms with Crippen LogP contribution in [0.4, 0.5) is 14.9 Å². The Morgan fingerprint density at radius 3 is 2.84 bits per heavy atom. The number of nitrogens with zero attached hydrogens (tertiary/aromatic N) is 1. The van der Waals surface area contributed by atoms with Crippen LogP contribution < -0.4 is 15.4 Å². The first-order chi connectivity index (χ1) is 15.5. The van der Waals surface area contributed by atoms with E-state index in [-0.39, 0.29) is 37.0 Å². The predicted octanol–water partition coefficient (Wildman–Crippen LogP) is 3.20. The Morgan fingerprint density at radius 2 is 2.03 bits per heavy atom. The van der Waals surface area contributed by atoms with Crippen LogP contribution in [0.15, 0.2) is 48.7 Å². The summed E-state index contributed by atoms with van der Waals surface area (Å²) in [6, 6.07) is 10.2. The smallest absolute Gasteiger partial charge is 0.324 e. The van der Waals surface area contributed by atoms with Crippen LogP contribution >= 0.6 is 0 Å². The zero-order chi connectivity index (χ0) is 22.7. The molecule has 0 saturated carbocycles. The molecule has 4 amide bonds. The normalized spacial score (nSPS) is 15.8. The zero-order valence-corrected chi connectivity index (χ0v) is 17.5. The molecule has 4 rings (SSSR count). The molecule has 166 valence electrons. The summed E-state index contributed by atoms with van der Waals surface area (Å²) in [5.41, 5.74) is 2.15. The fourth-order valence-corrected chi connectivity index (χ4v) is 3.81. The Hall–Kier alpha value is -3.88. The number of rotatable bonds is 8. The Bertz CT molecular complexity index is 1180. The van der Waals surface area contributed by atoms with Gasteiger partial charge in [0.25, 0.3) is 5.91 Å². The van der Waals surface area contributed by atoms with Gasteiger partial charge in [-0.1, -0.05) is 12.1 Å². The second-order valence-corrected chi connectivity index (χ2v) is 7.53. The Morgan fingerprint density at radius 1 is 1.22 bits per heavy atom. The number of H-pyrrole nitrogens is 1. The summed E-state index contributed by atoms with van der Waals surface area (Å²) in [6.07, 6.45) is 2.39. The topological polar surface area (TPSA) is 104 Å². The van der Waals surface area contributed by atoms with E-state index in [0.717, 1.165) is 21.4 Å². The summed E-state index contributed by atoms with van der Waals surface area (Å²) in [5, 5.41) is 6.11. The molecule has 1 aliphatic rings.